The molecule has 1 heterocycles. The minimum Gasteiger partial charge on any atom is -0.356 e. The van der Waals surface area contributed by atoms with Crippen LogP contribution in [0.1, 0.15) is 44.2 Å². The highest BCUT2D eigenvalue weighted by atomic mass is 32.2. The molecule has 1 fully saturated rings. The molecule has 0 spiro atoms. The molecule has 19 heavy (non-hydrogen) atoms. The Balaban J connectivity index is 1.48. The van der Waals surface area contributed by atoms with Crippen LogP contribution < -0.4 is 5.32 Å². The molecule has 1 amide bonds. The van der Waals surface area contributed by atoms with Gasteiger partial charge in [-0.25, -0.2) is 4.98 Å². The predicted molar refractivity (Wildman–Crippen MR) is 82.8 cm³/mol. The predicted octanol–water partition coefficient (Wildman–Crippen LogP) is 3.26. The molecule has 0 aromatic carbocycles. The molecule has 0 atom stereocenters. The zero-order valence-corrected chi connectivity index (χ0v) is 12.9. The topological polar surface area (TPSA) is 42.0 Å². The molecular weight excluding hydrogens is 276 g/mol. The zero-order valence-electron chi connectivity index (χ0n) is 11.3. The van der Waals surface area contributed by atoms with E-state index in [1.807, 2.05) is 5.38 Å². The number of rotatable bonds is 7. The van der Waals surface area contributed by atoms with Gasteiger partial charge in [-0.3, -0.25) is 4.79 Å². The SMILES string of the molecule is O=C(Cc1cscn1)NCCCSC1CCCCC1. The number of thioether (sulfide) groups is 1. The normalized spacial score (nSPS) is 16.4. The molecule has 1 aliphatic rings. The van der Waals surface area contributed by atoms with Crippen LogP contribution in [-0.4, -0.2) is 28.4 Å². The maximum Gasteiger partial charge on any atom is 0.226 e. The smallest absolute Gasteiger partial charge is 0.226 e. The lowest BCUT2D eigenvalue weighted by molar-refractivity contribution is -0.120. The highest BCUT2D eigenvalue weighted by molar-refractivity contribution is 7.99. The summed E-state index contributed by atoms with van der Waals surface area (Å²) in [5.74, 6) is 1.26. The summed E-state index contributed by atoms with van der Waals surface area (Å²) in [5, 5.41) is 5.77. The van der Waals surface area contributed by atoms with Crippen molar-refractivity contribution in [2.24, 2.45) is 0 Å². The van der Waals surface area contributed by atoms with E-state index in [2.05, 4.69) is 22.1 Å². The number of thiazole rings is 1. The molecule has 1 aromatic rings. The number of carbonyl (C=O) groups excluding carboxylic acids is 1. The second-order valence-electron chi connectivity index (χ2n) is 4.99. The Morgan fingerprint density at radius 2 is 2.26 bits per heavy atom. The zero-order chi connectivity index (χ0) is 13.3. The van der Waals surface area contributed by atoms with E-state index in [1.54, 1.807) is 5.51 Å². The summed E-state index contributed by atoms with van der Waals surface area (Å²) in [6, 6.07) is 0. The molecule has 1 aliphatic carbocycles. The Hall–Kier alpha value is -0.550. The molecule has 3 nitrogen and oxygen atoms in total. The monoisotopic (exact) mass is 298 g/mol. The molecule has 0 unspecified atom stereocenters. The average molecular weight is 298 g/mol. The van der Waals surface area contributed by atoms with E-state index in [1.165, 1.54) is 49.2 Å². The number of nitrogens with zero attached hydrogens (tertiary/aromatic N) is 1. The lowest BCUT2D eigenvalue weighted by Gasteiger charge is -2.20. The highest BCUT2D eigenvalue weighted by Gasteiger charge is 2.13. The van der Waals surface area contributed by atoms with Crippen molar-refractivity contribution < 1.29 is 4.79 Å². The van der Waals surface area contributed by atoms with Gasteiger partial charge in [0.2, 0.25) is 5.91 Å². The van der Waals surface area contributed by atoms with Gasteiger partial charge in [-0.2, -0.15) is 11.8 Å². The molecule has 2 rings (SSSR count). The Bertz CT molecular complexity index is 362. The van der Waals surface area contributed by atoms with E-state index in [4.69, 9.17) is 0 Å². The quantitative estimate of drug-likeness (QED) is 0.786. The highest BCUT2D eigenvalue weighted by Crippen LogP contribution is 2.28. The van der Waals surface area contributed by atoms with E-state index in [0.29, 0.717) is 6.42 Å². The van der Waals surface area contributed by atoms with Crippen LogP contribution >= 0.6 is 23.1 Å². The Kier molecular flexibility index (Phi) is 6.71. The lowest BCUT2D eigenvalue weighted by Crippen LogP contribution is -2.26. The van der Waals surface area contributed by atoms with Gasteiger partial charge in [0.05, 0.1) is 17.6 Å². The van der Waals surface area contributed by atoms with Crippen LogP contribution in [0.4, 0.5) is 0 Å². The summed E-state index contributed by atoms with van der Waals surface area (Å²) in [4.78, 5) is 15.7. The fourth-order valence-corrected chi connectivity index (χ4v) is 4.20. The van der Waals surface area contributed by atoms with Crippen molar-refractivity contribution >= 4 is 29.0 Å². The van der Waals surface area contributed by atoms with Crippen LogP contribution in [0, 0.1) is 0 Å². The van der Waals surface area contributed by atoms with Gasteiger partial charge >= 0.3 is 0 Å². The fraction of sp³-hybridized carbons (Fsp3) is 0.714. The first-order chi connectivity index (χ1) is 9.34. The van der Waals surface area contributed by atoms with Gasteiger partial charge in [0.25, 0.3) is 0 Å². The molecule has 106 valence electrons. The lowest BCUT2D eigenvalue weighted by atomic mass is 10.0. The van der Waals surface area contributed by atoms with Gasteiger partial charge in [0, 0.05) is 17.2 Å². The Labute approximate surface area is 123 Å². The average Bonchev–Trinajstić information content (AvgIpc) is 2.92. The maximum absolute atomic E-state index is 11.6. The first kappa shape index (κ1) is 14.9. The van der Waals surface area contributed by atoms with Crippen LogP contribution in [0.25, 0.3) is 0 Å². The molecular formula is C14H22N2OS2. The molecule has 1 saturated carbocycles. The van der Waals surface area contributed by atoms with Crippen molar-refractivity contribution in [2.75, 3.05) is 12.3 Å². The summed E-state index contributed by atoms with van der Waals surface area (Å²) < 4.78 is 0. The third-order valence-electron chi connectivity index (χ3n) is 3.37. The third-order valence-corrected chi connectivity index (χ3v) is 5.48. The summed E-state index contributed by atoms with van der Waals surface area (Å²) in [5.41, 5.74) is 2.64. The van der Waals surface area contributed by atoms with E-state index in [-0.39, 0.29) is 5.91 Å². The van der Waals surface area contributed by atoms with Crippen molar-refractivity contribution in [1.29, 1.82) is 0 Å². The second kappa shape index (κ2) is 8.59. The molecule has 1 aromatic heterocycles. The molecule has 0 bridgehead atoms. The summed E-state index contributed by atoms with van der Waals surface area (Å²) in [7, 11) is 0. The second-order valence-corrected chi connectivity index (χ2v) is 7.12. The number of hydrogen-bond acceptors (Lipinski definition) is 4. The largest absolute Gasteiger partial charge is 0.356 e. The number of aromatic nitrogens is 1. The standard InChI is InChI=1S/C14H22N2OS2/c17-14(9-12-10-18-11-16-12)15-7-4-8-19-13-5-2-1-3-6-13/h10-11,13H,1-9H2,(H,15,17). The van der Waals surface area contributed by atoms with Crippen molar-refractivity contribution in [3.05, 3.63) is 16.6 Å². The van der Waals surface area contributed by atoms with Gasteiger partial charge in [0.15, 0.2) is 0 Å². The fourth-order valence-electron chi connectivity index (χ4n) is 2.33. The number of amides is 1. The van der Waals surface area contributed by atoms with Gasteiger partial charge in [-0.05, 0) is 25.0 Å². The molecule has 0 radical (unpaired) electrons. The van der Waals surface area contributed by atoms with Crippen molar-refractivity contribution in [3.8, 4) is 0 Å². The molecule has 5 heteroatoms. The minimum absolute atomic E-state index is 0.0913. The van der Waals surface area contributed by atoms with Crippen LogP contribution in [0.5, 0.6) is 0 Å². The molecule has 0 aliphatic heterocycles. The summed E-state index contributed by atoms with van der Waals surface area (Å²) in [6.07, 6.45) is 8.50. The van der Waals surface area contributed by atoms with Gasteiger partial charge in [-0.1, -0.05) is 19.3 Å². The van der Waals surface area contributed by atoms with E-state index < -0.39 is 0 Å². The van der Waals surface area contributed by atoms with E-state index >= 15 is 0 Å². The summed E-state index contributed by atoms with van der Waals surface area (Å²) >= 11 is 3.63. The van der Waals surface area contributed by atoms with Crippen LogP contribution in [-0.2, 0) is 11.2 Å². The first-order valence-electron chi connectivity index (χ1n) is 7.10. The number of nitrogens with one attached hydrogen (secondary N) is 1. The van der Waals surface area contributed by atoms with Crippen LogP contribution in [0.3, 0.4) is 0 Å². The van der Waals surface area contributed by atoms with Gasteiger partial charge in [-0.15, -0.1) is 11.3 Å². The maximum atomic E-state index is 11.6. The first-order valence-corrected chi connectivity index (χ1v) is 9.09. The number of hydrogen-bond donors (Lipinski definition) is 1. The Morgan fingerprint density at radius 1 is 1.42 bits per heavy atom. The number of carbonyl (C=O) groups is 1. The van der Waals surface area contributed by atoms with Gasteiger partial charge in [0.1, 0.15) is 0 Å². The van der Waals surface area contributed by atoms with Gasteiger partial charge < -0.3 is 5.32 Å². The summed E-state index contributed by atoms with van der Waals surface area (Å²) in [6.45, 7) is 0.794. The molecule has 1 N–H and O–H groups in total. The van der Waals surface area contributed by atoms with Crippen LogP contribution in [0.15, 0.2) is 10.9 Å². The van der Waals surface area contributed by atoms with Crippen molar-refractivity contribution in [3.63, 3.8) is 0 Å². The Morgan fingerprint density at radius 3 is 3.00 bits per heavy atom. The van der Waals surface area contributed by atoms with E-state index in [0.717, 1.165) is 23.9 Å². The van der Waals surface area contributed by atoms with Crippen molar-refractivity contribution in [2.45, 2.75) is 50.2 Å². The van der Waals surface area contributed by atoms with Crippen LogP contribution in [0.2, 0.25) is 0 Å². The van der Waals surface area contributed by atoms with E-state index in [9.17, 15) is 4.79 Å². The minimum atomic E-state index is 0.0913. The van der Waals surface area contributed by atoms with Crippen molar-refractivity contribution in [1.82, 2.24) is 10.3 Å². The third kappa shape index (κ3) is 5.95. The molecule has 0 saturated heterocycles.